The monoisotopic (exact) mass is 309 g/mol. The SMILES string of the molecule is CC(C)NC(=O)Nc1ccc(N2CCCc3ccccc32)cc1. The maximum Gasteiger partial charge on any atom is 0.319 e. The molecule has 0 aromatic heterocycles. The van der Waals surface area contributed by atoms with Crippen molar-refractivity contribution in [2.45, 2.75) is 32.7 Å². The van der Waals surface area contributed by atoms with Crippen LogP contribution in [0, 0.1) is 0 Å². The molecule has 2 N–H and O–H groups in total. The molecule has 4 nitrogen and oxygen atoms in total. The molecule has 23 heavy (non-hydrogen) atoms. The lowest BCUT2D eigenvalue weighted by atomic mass is 10.0. The predicted octanol–water partition coefficient (Wildman–Crippen LogP) is 4.30. The van der Waals surface area contributed by atoms with E-state index in [-0.39, 0.29) is 12.1 Å². The molecule has 4 heteroatoms. The second-order valence-electron chi connectivity index (χ2n) is 6.18. The third kappa shape index (κ3) is 3.65. The predicted molar refractivity (Wildman–Crippen MR) is 95.5 cm³/mol. The number of para-hydroxylation sites is 1. The third-order valence-corrected chi connectivity index (χ3v) is 3.97. The lowest BCUT2D eigenvalue weighted by Gasteiger charge is -2.31. The summed E-state index contributed by atoms with van der Waals surface area (Å²) >= 11 is 0. The van der Waals surface area contributed by atoms with Gasteiger partial charge >= 0.3 is 6.03 Å². The van der Waals surface area contributed by atoms with Crippen LogP contribution in [0.15, 0.2) is 48.5 Å². The molecule has 2 amide bonds. The Balaban J connectivity index is 1.74. The third-order valence-electron chi connectivity index (χ3n) is 3.97. The van der Waals surface area contributed by atoms with E-state index in [1.807, 2.05) is 26.0 Å². The summed E-state index contributed by atoms with van der Waals surface area (Å²) in [5.41, 5.74) is 4.65. The molecule has 2 aromatic rings. The standard InChI is InChI=1S/C19H23N3O/c1-14(2)20-19(23)21-16-9-11-17(12-10-16)22-13-5-7-15-6-3-4-8-18(15)22/h3-4,6,8-12,14H,5,7,13H2,1-2H3,(H2,20,21,23). The molecule has 1 heterocycles. The topological polar surface area (TPSA) is 44.4 Å². The molecule has 120 valence electrons. The molecule has 0 bridgehead atoms. The first-order valence-corrected chi connectivity index (χ1v) is 8.16. The van der Waals surface area contributed by atoms with Gasteiger partial charge < -0.3 is 15.5 Å². The second-order valence-corrected chi connectivity index (χ2v) is 6.18. The lowest BCUT2D eigenvalue weighted by molar-refractivity contribution is 0.250. The zero-order chi connectivity index (χ0) is 16.2. The smallest absolute Gasteiger partial charge is 0.319 e. The van der Waals surface area contributed by atoms with E-state index in [1.54, 1.807) is 0 Å². The lowest BCUT2D eigenvalue weighted by Crippen LogP contribution is -2.34. The number of nitrogens with one attached hydrogen (secondary N) is 2. The number of aryl methyl sites for hydroxylation is 1. The molecule has 1 aliphatic heterocycles. The van der Waals surface area contributed by atoms with E-state index in [4.69, 9.17) is 0 Å². The fourth-order valence-corrected chi connectivity index (χ4v) is 2.96. The number of rotatable bonds is 3. The largest absolute Gasteiger partial charge is 0.341 e. The van der Waals surface area contributed by atoms with Gasteiger partial charge in [-0.15, -0.1) is 0 Å². The van der Waals surface area contributed by atoms with Gasteiger partial charge in [0.1, 0.15) is 0 Å². The van der Waals surface area contributed by atoms with Crippen molar-refractivity contribution in [2.24, 2.45) is 0 Å². The highest BCUT2D eigenvalue weighted by Gasteiger charge is 2.17. The summed E-state index contributed by atoms with van der Waals surface area (Å²) in [4.78, 5) is 14.1. The van der Waals surface area contributed by atoms with Crippen molar-refractivity contribution in [2.75, 3.05) is 16.8 Å². The van der Waals surface area contributed by atoms with Gasteiger partial charge in [-0.3, -0.25) is 0 Å². The summed E-state index contributed by atoms with van der Waals surface area (Å²) in [5, 5.41) is 5.68. The molecule has 0 unspecified atom stereocenters. The molecule has 0 atom stereocenters. The van der Waals surface area contributed by atoms with Gasteiger partial charge in [-0.25, -0.2) is 4.79 Å². The molecule has 3 rings (SSSR count). The molecule has 0 spiro atoms. The van der Waals surface area contributed by atoms with Crippen LogP contribution in [0.4, 0.5) is 21.9 Å². The Morgan fingerprint density at radius 1 is 1.09 bits per heavy atom. The number of anilines is 3. The number of urea groups is 1. The van der Waals surface area contributed by atoms with Crippen molar-refractivity contribution >= 4 is 23.1 Å². The van der Waals surface area contributed by atoms with Gasteiger partial charge in [0.15, 0.2) is 0 Å². The molecule has 1 aliphatic rings. The highest BCUT2D eigenvalue weighted by Crippen LogP contribution is 2.33. The van der Waals surface area contributed by atoms with Crippen LogP contribution in [0.25, 0.3) is 0 Å². The van der Waals surface area contributed by atoms with E-state index in [2.05, 4.69) is 51.9 Å². The van der Waals surface area contributed by atoms with Crippen LogP contribution < -0.4 is 15.5 Å². The molecular formula is C19H23N3O. The van der Waals surface area contributed by atoms with Crippen molar-refractivity contribution in [3.8, 4) is 0 Å². The minimum Gasteiger partial charge on any atom is -0.341 e. The summed E-state index contributed by atoms with van der Waals surface area (Å²) < 4.78 is 0. The number of carbonyl (C=O) groups excluding carboxylic acids is 1. The molecule has 0 radical (unpaired) electrons. The molecule has 0 aliphatic carbocycles. The highest BCUT2D eigenvalue weighted by atomic mass is 16.2. The molecule has 2 aromatic carbocycles. The zero-order valence-corrected chi connectivity index (χ0v) is 13.7. The molecule has 0 saturated heterocycles. The van der Waals surface area contributed by atoms with E-state index in [9.17, 15) is 4.79 Å². The number of fused-ring (bicyclic) bond motifs is 1. The fourth-order valence-electron chi connectivity index (χ4n) is 2.96. The first-order chi connectivity index (χ1) is 11.1. The van der Waals surface area contributed by atoms with Crippen LogP contribution >= 0.6 is 0 Å². The average molecular weight is 309 g/mol. The molecular weight excluding hydrogens is 286 g/mol. The summed E-state index contributed by atoms with van der Waals surface area (Å²) in [5.74, 6) is 0. The maximum absolute atomic E-state index is 11.7. The van der Waals surface area contributed by atoms with E-state index in [0.717, 1.165) is 30.8 Å². The van der Waals surface area contributed by atoms with Crippen LogP contribution in [-0.4, -0.2) is 18.6 Å². The average Bonchev–Trinajstić information content (AvgIpc) is 2.54. The molecule has 0 fully saturated rings. The van der Waals surface area contributed by atoms with E-state index in [1.165, 1.54) is 11.3 Å². The number of benzene rings is 2. The van der Waals surface area contributed by atoms with Crippen LogP contribution in [0.1, 0.15) is 25.8 Å². The Bertz CT molecular complexity index is 679. The molecule has 0 saturated carbocycles. The summed E-state index contributed by atoms with van der Waals surface area (Å²) in [7, 11) is 0. The zero-order valence-electron chi connectivity index (χ0n) is 13.7. The van der Waals surface area contributed by atoms with Gasteiger partial charge in [-0.2, -0.15) is 0 Å². The number of amides is 2. The fraction of sp³-hybridized carbons (Fsp3) is 0.316. The van der Waals surface area contributed by atoms with E-state index in [0.29, 0.717) is 0 Å². The summed E-state index contributed by atoms with van der Waals surface area (Å²) in [6.45, 7) is 4.91. The van der Waals surface area contributed by atoms with Crippen molar-refractivity contribution in [3.05, 3.63) is 54.1 Å². The van der Waals surface area contributed by atoms with Crippen molar-refractivity contribution in [3.63, 3.8) is 0 Å². The van der Waals surface area contributed by atoms with Gasteiger partial charge in [0, 0.05) is 29.6 Å². The van der Waals surface area contributed by atoms with Crippen molar-refractivity contribution in [1.29, 1.82) is 0 Å². The second kappa shape index (κ2) is 6.73. The van der Waals surface area contributed by atoms with E-state index < -0.39 is 0 Å². The number of hydrogen-bond donors (Lipinski definition) is 2. The van der Waals surface area contributed by atoms with Gasteiger partial charge in [0.05, 0.1) is 0 Å². The minimum absolute atomic E-state index is 0.124. The summed E-state index contributed by atoms with van der Waals surface area (Å²) in [6.07, 6.45) is 2.30. The van der Waals surface area contributed by atoms with E-state index >= 15 is 0 Å². The van der Waals surface area contributed by atoms with Gasteiger partial charge in [-0.05, 0) is 62.6 Å². The summed E-state index contributed by atoms with van der Waals surface area (Å²) in [6, 6.07) is 16.5. The van der Waals surface area contributed by atoms with Crippen LogP contribution in [-0.2, 0) is 6.42 Å². The van der Waals surface area contributed by atoms with Crippen LogP contribution in [0.5, 0.6) is 0 Å². The first-order valence-electron chi connectivity index (χ1n) is 8.16. The number of carbonyl (C=O) groups is 1. The van der Waals surface area contributed by atoms with Gasteiger partial charge in [0.25, 0.3) is 0 Å². The number of nitrogens with zero attached hydrogens (tertiary/aromatic N) is 1. The first kappa shape index (κ1) is 15.4. The number of hydrogen-bond acceptors (Lipinski definition) is 2. The van der Waals surface area contributed by atoms with Crippen LogP contribution in [0.2, 0.25) is 0 Å². The normalized spacial score (nSPS) is 13.6. The van der Waals surface area contributed by atoms with Crippen molar-refractivity contribution < 1.29 is 4.79 Å². The highest BCUT2D eigenvalue weighted by molar-refractivity contribution is 5.89. The Labute approximate surface area is 137 Å². The Morgan fingerprint density at radius 3 is 2.57 bits per heavy atom. The van der Waals surface area contributed by atoms with Gasteiger partial charge in [0.2, 0.25) is 0 Å². The Hall–Kier alpha value is -2.49. The minimum atomic E-state index is -0.170. The maximum atomic E-state index is 11.7. The Kier molecular flexibility index (Phi) is 4.51. The quantitative estimate of drug-likeness (QED) is 0.888. The Morgan fingerprint density at radius 2 is 1.83 bits per heavy atom. The van der Waals surface area contributed by atoms with Gasteiger partial charge in [-0.1, -0.05) is 18.2 Å². The van der Waals surface area contributed by atoms with Crippen LogP contribution in [0.3, 0.4) is 0 Å². The van der Waals surface area contributed by atoms with Crippen molar-refractivity contribution in [1.82, 2.24) is 5.32 Å².